The zero-order valence-electron chi connectivity index (χ0n) is 17.1. The van der Waals surface area contributed by atoms with Crippen molar-refractivity contribution in [1.82, 2.24) is 9.88 Å². The van der Waals surface area contributed by atoms with Crippen molar-refractivity contribution in [2.75, 3.05) is 42.5 Å². The molecule has 5 nitrogen and oxygen atoms in total. The molecule has 0 saturated carbocycles. The van der Waals surface area contributed by atoms with Gasteiger partial charge in [-0.15, -0.1) is 0 Å². The molecule has 1 aromatic heterocycles. The number of rotatable bonds is 3. The number of benzene rings is 1. The van der Waals surface area contributed by atoms with E-state index in [1.54, 1.807) is 11.0 Å². The van der Waals surface area contributed by atoms with Crippen LogP contribution in [-0.2, 0) is 0 Å². The van der Waals surface area contributed by atoms with Crippen molar-refractivity contribution in [1.29, 1.82) is 0 Å². The highest BCUT2D eigenvalue weighted by Crippen LogP contribution is 2.29. The Bertz CT molecular complexity index is 950. The number of hydrogen-bond donors (Lipinski definition) is 0. The summed E-state index contributed by atoms with van der Waals surface area (Å²) < 4.78 is 14.7. The monoisotopic (exact) mass is 394 g/mol. The van der Waals surface area contributed by atoms with Crippen molar-refractivity contribution < 1.29 is 9.18 Å². The van der Waals surface area contributed by atoms with Crippen LogP contribution in [0.3, 0.4) is 0 Å². The van der Waals surface area contributed by atoms with Crippen LogP contribution in [0.2, 0.25) is 0 Å². The van der Waals surface area contributed by atoms with Crippen LogP contribution < -0.4 is 9.80 Å². The van der Waals surface area contributed by atoms with Crippen LogP contribution in [0.15, 0.2) is 42.7 Å². The summed E-state index contributed by atoms with van der Waals surface area (Å²) in [4.78, 5) is 23.4. The van der Waals surface area contributed by atoms with Crippen LogP contribution in [0.5, 0.6) is 0 Å². The fourth-order valence-corrected chi connectivity index (χ4v) is 4.22. The van der Waals surface area contributed by atoms with Gasteiger partial charge in [-0.05, 0) is 56.0 Å². The minimum absolute atomic E-state index is 0.136. The van der Waals surface area contributed by atoms with Gasteiger partial charge in [0.1, 0.15) is 11.6 Å². The standard InChI is InChI=1S/C23H27FN4O/c1-16-13-17(2)22(25-15-16)26-9-11-27(12-10-26)23(29)20-7-6-19(14-21(20)24)28-8-4-5-18(28)3/h6-7,13-15H,3-5,8-12H2,1-2H3. The van der Waals surface area contributed by atoms with Crippen molar-refractivity contribution in [3.05, 3.63) is 65.2 Å². The van der Waals surface area contributed by atoms with Gasteiger partial charge in [-0.25, -0.2) is 9.37 Å². The summed E-state index contributed by atoms with van der Waals surface area (Å²) >= 11 is 0. The Hall–Kier alpha value is -2.89. The molecular formula is C23H27FN4O. The molecule has 0 unspecified atom stereocenters. The topological polar surface area (TPSA) is 39.7 Å². The number of carbonyl (C=O) groups excluding carboxylic acids is 1. The fraction of sp³-hybridized carbons (Fsp3) is 0.391. The lowest BCUT2D eigenvalue weighted by atomic mass is 10.1. The SMILES string of the molecule is C=C1CCCN1c1ccc(C(=O)N2CCN(c3ncc(C)cc3C)CC2)c(F)c1. The summed E-state index contributed by atoms with van der Waals surface area (Å²) in [6.45, 7) is 11.5. The summed E-state index contributed by atoms with van der Waals surface area (Å²) in [5.74, 6) is 0.247. The van der Waals surface area contributed by atoms with E-state index in [1.807, 2.05) is 24.1 Å². The molecule has 3 heterocycles. The third kappa shape index (κ3) is 3.84. The van der Waals surface area contributed by atoms with E-state index in [0.717, 1.165) is 47.7 Å². The van der Waals surface area contributed by atoms with Gasteiger partial charge in [0.05, 0.1) is 5.56 Å². The first kappa shape index (κ1) is 19.4. The molecule has 0 spiro atoms. The number of aromatic nitrogens is 1. The predicted octanol–water partition coefficient (Wildman–Crippen LogP) is 3.91. The van der Waals surface area contributed by atoms with Gasteiger partial charge in [-0.2, -0.15) is 0 Å². The summed E-state index contributed by atoms with van der Waals surface area (Å²) in [6, 6.07) is 7.00. The van der Waals surface area contributed by atoms with Crippen LogP contribution in [0.25, 0.3) is 0 Å². The van der Waals surface area contributed by atoms with E-state index >= 15 is 0 Å². The van der Waals surface area contributed by atoms with Crippen LogP contribution in [-0.4, -0.2) is 48.5 Å². The number of piperazine rings is 1. The first-order valence-corrected chi connectivity index (χ1v) is 10.2. The number of carbonyl (C=O) groups is 1. The zero-order chi connectivity index (χ0) is 20.5. The minimum atomic E-state index is -0.467. The average molecular weight is 394 g/mol. The van der Waals surface area contributed by atoms with Gasteiger partial charge in [-0.1, -0.05) is 12.6 Å². The molecule has 2 aliphatic rings. The third-order valence-corrected chi connectivity index (χ3v) is 5.78. The number of amides is 1. The maximum Gasteiger partial charge on any atom is 0.256 e. The maximum absolute atomic E-state index is 14.7. The van der Waals surface area contributed by atoms with Gasteiger partial charge in [0.15, 0.2) is 0 Å². The average Bonchev–Trinajstić information content (AvgIpc) is 3.13. The minimum Gasteiger partial charge on any atom is -0.353 e. The molecule has 4 rings (SSSR count). The van der Waals surface area contributed by atoms with Crippen LogP contribution in [0.1, 0.15) is 34.3 Å². The van der Waals surface area contributed by atoms with Gasteiger partial charge in [-0.3, -0.25) is 4.79 Å². The fourth-order valence-electron chi connectivity index (χ4n) is 4.22. The summed E-state index contributed by atoms with van der Waals surface area (Å²) in [7, 11) is 0. The molecule has 1 aromatic carbocycles. The second-order valence-electron chi connectivity index (χ2n) is 7.92. The highest BCUT2D eigenvalue weighted by atomic mass is 19.1. The number of hydrogen-bond acceptors (Lipinski definition) is 4. The predicted molar refractivity (Wildman–Crippen MR) is 114 cm³/mol. The molecule has 0 bridgehead atoms. The Labute approximate surface area is 171 Å². The van der Waals surface area contributed by atoms with Crippen molar-refractivity contribution in [3.63, 3.8) is 0 Å². The Morgan fingerprint density at radius 2 is 1.86 bits per heavy atom. The van der Waals surface area contributed by atoms with Crippen molar-refractivity contribution in [3.8, 4) is 0 Å². The van der Waals surface area contributed by atoms with Gasteiger partial charge < -0.3 is 14.7 Å². The Balaban J connectivity index is 1.43. The van der Waals surface area contributed by atoms with E-state index in [-0.39, 0.29) is 11.5 Å². The lowest BCUT2D eigenvalue weighted by Crippen LogP contribution is -2.49. The smallest absolute Gasteiger partial charge is 0.256 e. The number of halogens is 1. The first-order valence-electron chi connectivity index (χ1n) is 10.2. The molecule has 0 aliphatic carbocycles. The van der Waals surface area contributed by atoms with Crippen LogP contribution >= 0.6 is 0 Å². The zero-order valence-corrected chi connectivity index (χ0v) is 17.1. The third-order valence-electron chi connectivity index (χ3n) is 5.78. The maximum atomic E-state index is 14.7. The number of anilines is 2. The van der Waals surface area contributed by atoms with Gasteiger partial charge in [0.2, 0.25) is 0 Å². The van der Waals surface area contributed by atoms with E-state index in [4.69, 9.17) is 0 Å². The van der Waals surface area contributed by atoms with Gasteiger partial charge in [0, 0.05) is 50.3 Å². The molecule has 0 radical (unpaired) electrons. The molecule has 2 aliphatic heterocycles. The summed E-state index contributed by atoms with van der Waals surface area (Å²) in [5.41, 5.74) is 4.18. The Morgan fingerprint density at radius 3 is 2.48 bits per heavy atom. The number of allylic oxidation sites excluding steroid dienone is 1. The van der Waals surface area contributed by atoms with E-state index < -0.39 is 5.82 Å². The van der Waals surface area contributed by atoms with E-state index in [2.05, 4.69) is 29.5 Å². The molecule has 152 valence electrons. The Kier molecular flexibility index (Phi) is 5.26. The molecule has 0 N–H and O–H groups in total. The van der Waals surface area contributed by atoms with E-state index in [9.17, 15) is 9.18 Å². The molecule has 1 amide bonds. The summed E-state index contributed by atoms with van der Waals surface area (Å²) in [5, 5.41) is 0. The molecular weight excluding hydrogens is 367 g/mol. The van der Waals surface area contributed by atoms with Gasteiger partial charge >= 0.3 is 0 Å². The summed E-state index contributed by atoms with van der Waals surface area (Å²) in [6.07, 6.45) is 3.83. The second-order valence-corrected chi connectivity index (χ2v) is 7.92. The van der Waals surface area contributed by atoms with E-state index in [0.29, 0.717) is 26.2 Å². The number of aryl methyl sites for hydroxylation is 2. The number of pyridine rings is 1. The molecule has 6 heteroatoms. The highest BCUT2D eigenvalue weighted by Gasteiger charge is 2.26. The molecule has 2 aromatic rings. The molecule has 2 saturated heterocycles. The Morgan fingerprint density at radius 1 is 1.10 bits per heavy atom. The quantitative estimate of drug-likeness (QED) is 0.791. The highest BCUT2D eigenvalue weighted by molar-refractivity contribution is 5.95. The van der Waals surface area contributed by atoms with Crippen LogP contribution in [0.4, 0.5) is 15.9 Å². The van der Waals surface area contributed by atoms with E-state index in [1.165, 1.54) is 6.07 Å². The first-order chi connectivity index (χ1) is 13.9. The lowest BCUT2D eigenvalue weighted by molar-refractivity contribution is 0.0742. The van der Waals surface area contributed by atoms with Crippen molar-refractivity contribution >= 4 is 17.4 Å². The van der Waals surface area contributed by atoms with Crippen LogP contribution in [0, 0.1) is 19.7 Å². The van der Waals surface area contributed by atoms with Crippen molar-refractivity contribution in [2.24, 2.45) is 0 Å². The molecule has 29 heavy (non-hydrogen) atoms. The van der Waals surface area contributed by atoms with Gasteiger partial charge in [0.25, 0.3) is 5.91 Å². The molecule has 0 atom stereocenters. The van der Waals surface area contributed by atoms with Crippen molar-refractivity contribution in [2.45, 2.75) is 26.7 Å². The largest absolute Gasteiger partial charge is 0.353 e. The normalized spacial score (nSPS) is 17.2. The number of nitrogens with zero attached hydrogens (tertiary/aromatic N) is 4. The lowest BCUT2D eigenvalue weighted by Gasteiger charge is -2.36. The second kappa shape index (κ2) is 7.85. The molecule has 2 fully saturated rings.